The van der Waals surface area contributed by atoms with Crippen molar-refractivity contribution in [1.82, 2.24) is 9.80 Å². The average molecular weight is 256 g/mol. The van der Waals surface area contributed by atoms with Crippen molar-refractivity contribution in [3.63, 3.8) is 0 Å². The van der Waals surface area contributed by atoms with Crippen LogP contribution < -0.4 is 0 Å². The third-order valence-electron chi connectivity index (χ3n) is 3.01. The Labute approximate surface area is 109 Å². The fourth-order valence-corrected chi connectivity index (χ4v) is 1.97. The van der Waals surface area contributed by atoms with Crippen molar-refractivity contribution in [3.8, 4) is 0 Å². The molecule has 104 valence electrons. The molecule has 5 heteroatoms. The van der Waals surface area contributed by atoms with Crippen LogP contribution in [0.4, 0.5) is 4.79 Å². The second kappa shape index (κ2) is 6.61. The first-order valence-electron chi connectivity index (χ1n) is 6.69. The van der Waals surface area contributed by atoms with Gasteiger partial charge in [0.25, 0.3) is 0 Å². The predicted octanol–water partition coefficient (Wildman–Crippen LogP) is 1.88. The van der Waals surface area contributed by atoms with Crippen molar-refractivity contribution in [2.24, 2.45) is 11.8 Å². The highest BCUT2D eigenvalue weighted by molar-refractivity contribution is 5.80. The van der Waals surface area contributed by atoms with Gasteiger partial charge in [-0.15, -0.1) is 0 Å². The Kier molecular flexibility index (Phi) is 5.44. The van der Waals surface area contributed by atoms with E-state index in [0.29, 0.717) is 31.5 Å². The van der Waals surface area contributed by atoms with E-state index in [1.807, 2.05) is 6.92 Å². The molecule has 0 saturated heterocycles. The van der Waals surface area contributed by atoms with Crippen LogP contribution >= 0.6 is 0 Å². The molecular formula is C13H24N2O3. The maximum Gasteiger partial charge on any atom is 0.323 e. The van der Waals surface area contributed by atoms with Crippen molar-refractivity contribution < 1.29 is 14.7 Å². The summed E-state index contributed by atoms with van der Waals surface area (Å²) >= 11 is 0. The van der Waals surface area contributed by atoms with Gasteiger partial charge < -0.3 is 14.9 Å². The van der Waals surface area contributed by atoms with E-state index in [0.717, 1.165) is 12.8 Å². The van der Waals surface area contributed by atoms with Gasteiger partial charge in [0.05, 0.1) is 0 Å². The Morgan fingerprint density at radius 1 is 1.28 bits per heavy atom. The maximum atomic E-state index is 12.3. The lowest BCUT2D eigenvalue weighted by Crippen LogP contribution is -2.47. The summed E-state index contributed by atoms with van der Waals surface area (Å²) in [5.41, 5.74) is 0. The van der Waals surface area contributed by atoms with Crippen molar-refractivity contribution in [3.05, 3.63) is 0 Å². The van der Waals surface area contributed by atoms with Crippen molar-refractivity contribution in [2.75, 3.05) is 26.2 Å². The van der Waals surface area contributed by atoms with Crippen molar-refractivity contribution >= 4 is 12.0 Å². The zero-order valence-corrected chi connectivity index (χ0v) is 11.6. The molecule has 5 nitrogen and oxygen atoms in total. The molecule has 0 spiro atoms. The average Bonchev–Trinajstić information content (AvgIpc) is 3.07. The van der Waals surface area contributed by atoms with E-state index in [9.17, 15) is 9.59 Å². The number of carbonyl (C=O) groups is 2. The van der Waals surface area contributed by atoms with E-state index in [1.54, 1.807) is 4.90 Å². The summed E-state index contributed by atoms with van der Waals surface area (Å²) < 4.78 is 0. The zero-order chi connectivity index (χ0) is 13.7. The Balaban J connectivity index is 2.61. The molecule has 18 heavy (non-hydrogen) atoms. The number of urea groups is 1. The standard InChI is InChI=1S/C13H24N2O3/c1-4-14(7-10(2)3)13(18)15(9-12(16)17)8-11-5-6-11/h10-11H,4-9H2,1-3H3,(H,16,17). The number of amides is 2. The van der Waals surface area contributed by atoms with Crippen LogP contribution in [-0.4, -0.2) is 53.1 Å². The predicted molar refractivity (Wildman–Crippen MR) is 69.4 cm³/mol. The second-order valence-electron chi connectivity index (χ2n) is 5.43. The molecule has 1 aliphatic rings. The van der Waals surface area contributed by atoms with Crippen molar-refractivity contribution in [2.45, 2.75) is 33.6 Å². The summed E-state index contributed by atoms with van der Waals surface area (Å²) in [6, 6.07) is -0.138. The molecule has 0 unspecified atom stereocenters. The van der Waals surface area contributed by atoms with Crippen LogP contribution in [0.15, 0.2) is 0 Å². The largest absolute Gasteiger partial charge is 0.480 e. The Morgan fingerprint density at radius 3 is 2.28 bits per heavy atom. The maximum absolute atomic E-state index is 12.3. The smallest absolute Gasteiger partial charge is 0.323 e. The summed E-state index contributed by atoms with van der Waals surface area (Å²) in [5.74, 6) is -0.0443. The fourth-order valence-electron chi connectivity index (χ4n) is 1.97. The molecule has 1 N–H and O–H groups in total. The number of hydrogen-bond acceptors (Lipinski definition) is 2. The number of aliphatic carboxylic acids is 1. The van der Waals surface area contributed by atoms with Gasteiger partial charge in [0.1, 0.15) is 6.54 Å². The number of carboxylic acid groups (broad SMARTS) is 1. The van der Waals surface area contributed by atoms with E-state index in [-0.39, 0.29) is 12.6 Å². The number of rotatable bonds is 7. The van der Waals surface area contributed by atoms with Gasteiger partial charge in [0.15, 0.2) is 0 Å². The van der Waals surface area contributed by atoms with Crippen LogP contribution in [0, 0.1) is 11.8 Å². The molecule has 0 aromatic rings. The molecule has 0 atom stereocenters. The Bertz CT molecular complexity index is 301. The Morgan fingerprint density at radius 2 is 1.89 bits per heavy atom. The van der Waals surface area contributed by atoms with E-state index >= 15 is 0 Å². The molecule has 0 radical (unpaired) electrons. The number of hydrogen-bond donors (Lipinski definition) is 1. The first-order valence-corrected chi connectivity index (χ1v) is 6.69. The highest BCUT2D eigenvalue weighted by atomic mass is 16.4. The Hall–Kier alpha value is -1.26. The molecule has 1 aliphatic carbocycles. The van der Waals surface area contributed by atoms with E-state index in [4.69, 9.17) is 5.11 Å². The minimum atomic E-state index is -0.940. The topological polar surface area (TPSA) is 60.9 Å². The second-order valence-corrected chi connectivity index (χ2v) is 5.43. The van der Waals surface area contributed by atoms with Crippen LogP contribution in [0.25, 0.3) is 0 Å². The van der Waals surface area contributed by atoms with Gasteiger partial charge in [-0.1, -0.05) is 13.8 Å². The van der Waals surface area contributed by atoms with Gasteiger partial charge in [-0.2, -0.15) is 0 Å². The van der Waals surface area contributed by atoms with Gasteiger partial charge in [0, 0.05) is 19.6 Å². The SMILES string of the molecule is CCN(CC(C)C)C(=O)N(CC(=O)O)CC1CC1. The molecule has 0 aliphatic heterocycles. The van der Waals surface area contributed by atoms with Gasteiger partial charge in [-0.05, 0) is 31.6 Å². The van der Waals surface area contributed by atoms with E-state index in [1.165, 1.54) is 4.90 Å². The van der Waals surface area contributed by atoms with Crippen LogP contribution in [0.1, 0.15) is 33.6 Å². The zero-order valence-electron chi connectivity index (χ0n) is 11.6. The quantitative estimate of drug-likeness (QED) is 0.756. The van der Waals surface area contributed by atoms with Gasteiger partial charge >= 0.3 is 12.0 Å². The summed E-state index contributed by atoms with van der Waals surface area (Å²) in [4.78, 5) is 26.3. The highest BCUT2D eigenvalue weighted by Crippen LogP contribution is 2.30. The molecule has 1 fully saturated rings. The van der Waals surface area contributed by atoms with Gasteiger partial charge in [-0.3, -0.25) is 4.79 Å². The summed E-state index contributed by atoms with van der Waals surface area (Å²) in [7, 11) is 0. The van der Waals surface area contributed by atoms with Crippen LogP contribution in [0.5, 0.6) is 0 Å². The third-order valence-corrected chi connectivity index (χ3v) is 3.01. The van der Waals surface area contributed by atoms with E-state index in [2.05, 4.69) is 13.8 Å². The lowest BCUT2D eigenvalue weighted by Gasteiger charge is -2.30. The lowest BCUT2D eigenvalue weighted by atomic mass is 10.2. The monoisotopic (exact) mass is 256 g/mol. The molecule has 0 aromatic heterocycles. The molecule has 0 bridgehead atoms. The van der Waals surface area contributed by atoms with Crippen LogP contribution in [0.3, 0.4) is 0 Å². The molecule has 1 saturated carbocycles. The summed E-state index contributed by atoms with van der Waals surface area (Å²) in [5, 5.41) is 8.89. The fraction of sp³-hybridized carbons (Fsp3) is 0.846. The number of carboxylic acids is 1. The van der Waals surface area contributed by atoms with Gasteiger partial charge in [0.2, 0.25) is 0 Å². The van der Waals surface area contributed by atoms with Crippen LogP contribution in [0.2, 0.25) is 0 Å². The first-order chi connectivity index (χ1) is 8.43. The van der Waals surface area contributed by atoms with Gasteiger partial charge in [-0.25, -0.2) is 4.79 Å². The molecule has 0 aromatic carbocycles. The minimum Gasteiger partial charge on any atom is -0.480 e. The molecular weight excluding hydrogens is 232 g/mol. The molecule has 0 heterocycles. The first kappa shape index (κ1) is 14.8. The number of nitrogens with zero attached hydrogens (tertiary/aromatic N) is 2. The third kappa shape index (κ3) is 4.94. The normalized spacial score (nSPS) is 14.7. The van der Waals surface area contributed by atoms with E-state index < -0.39 is 5.97 Å². The van der Waals surface area contributed by atoms with Crippen molar-refractivity contribution in [1.29, 1.82) is 0 Å². The lowest BCUT2D eigenvalue weighted by molar-refractivity contribution is -0.137. The highest BCUT2D eigenvalue weighted by Gasteiger charge is 2.29. The number of carbonyl (C=O) groups excluding carboxylic acids is 1. The molecule has 2 amide bonds. The van der Waals surface area contributed by atoms with Crippen LogP contribution in [-0.2, 0) is 4.79 Å². The molecule has 1 rings (SSSR count). The summed E-state index contributed by atoms with van der Waals surface area (Å²) in [6.45, 7) is 7.73. The summed E-state index contributed by atoms with van der Waals surface area (Å²) in [6.07, 6.45) is 2.22. The minimum absolute atomic E-state index is 0.138.